The lowest BCUT2D eigenvalue weighted by Crippen LogP contribution is -2.45. The summed E-state index contributed by atoms with van der Waals surface area (Å²) < 4.78 is 19.1. The first-order valence-corrected chi connectivity index (χ1v) is 7.00. The van der Waals surface area contributed by atoms with Gasteiger partial charge >= 0.3 is 0 Å². The molecule has 0 unspecified atom stereocenters. The lowest BCUT2D eigenvalue weighted by atomic mass is 10.00. The number of rotatable bonds is 3. The third-order valence-electron chi connectivity index (χ3n) is 3.83. The van der Waals surface area contributed by atoms with E-state index in [0.717, 1.165) is 37.5 Å². The Morgan fingerprint density at radius 3 is 2.62 bits per heavy atom. The van der Waals surface area contributed by atoms with Crippen molar-refractivity contribution < 1.29 is 8.81 Å². The van der Waals surface area contributed by atoms with E-state index in [2.05, 4.69) is 10.2 Å². The van der Waals surface area contributed by atoms with E-state index in [0.29, 0.717) is 5.56 Å². The van der Waals surface area contributed by atoms with Crippen LogP contribution in [-0.4, -0.2) is 31.1 Å². The molecule has 0 radical (unpaired) electrons. The molecule has 1 aromatic carbocycles. The zero-order valence-electron chi connectivity index (χ0n) is 12.0. The van der Waals surface area contributed by atoms with Gasteiger partial charge in [-0.15, -0.1) is 12.4 Å². The van der Waals surface area contributed by atoms with Crippen molar-refractivity contribution in [3.05, 3.63) is 59.3 Å². The van der Waals surface area contributed by atoms with Crippen molar-refractivity contribution >= 4 is 12.4 Å². The zero-order chi connectivity index (χ0) is 13.9. The van der Waals surface area contributed by atoms with E-state index in [1.54, 1.807) is 19.3 Å². The number of hydrogen-bond donors (Lipinski definition) is 1. The van der Waals surface area contributed by atoms with Gasteiger partial charge in [-0.05, 0) is 36.2 Å². The molecule has 2 aromatic rings. The van der Waals surface area contributed by atoms with Crippen molar-refractivity contribution in [1.29, 1.82) is 0 Å². The molecule has 114 valence electrons. The molecule has 3 nitrogen and oxygen atoms in total. The van der Waals surface area contributed by atoms with Crippen molar-refractivity contribution in [2.24, 2.45) is 0 Å². The first-order chi connectivity index (χ1) is 9.75. The van der Waals surface area contributed by atoms with Crippen LogP contribution in [0, 0.1) is 12.7 Å². The highest BCUT2D eigenvalue weighted by Crippen LogP contribution is 2.30. The molecular weight excluding hydrogens is 291 g/mol. The third kappa shape index (κ3) is 3.46. The van der Waals surface area contributed by atoms with Gasteiger partial charge in [0.05, 0.1) is 12.3 Å². The van der Waals surface area contributed by atoms with Crippen LogP contribution in [0.1, 0.15) is 22.9 Å². The third-order valence-corrected chi connectivity index (χ3v) is 3.83. The molecule has 5 heteroatoms. The van der Waals surface area contributed by atoms with Gasteiger partial charge in [0, 0.05) is 26.2 Å². The van der Waals surface area contributed by atoms with Gasteiger partial charge in [-0.25, -0.2) is 4.39 Å². The van der Waals surface area contributed by atoms with Gasteiger partial charge in [-0.3, -0.25) is 4.90 Å². The van der Waals surface area contributed by atoms with Crippen LogP contribution in [0.5, 0.6) is 0 Å². The van der Waals surface area contributed by atoms with Crippen LogP contribution in [0.25, 0.3) is 0 Å². The minimum Gasteiger partial charge on any atom is -0.467 e. The number of hydrogen-bond acceptors (Lipinski definition) is 3. The predicted octanol–water partition coefficient (Wildman–Crippen LogP) is 3.14. The Balaban J connectivity index is 0.00000161. The summed E-state index contributed by atoms with van der Waals surface area (Å²) in [6, 6.07) is 9.28. The molecule has 1 aromatic heterocycles. The van der Waals surface area contributed by atoms with Crippen LogP contribution >= 0.6 is 12.4 Å². The molecule has 2 heterocycles. The van der Waals surface area contributed by atoms with Crippen LogP contribution in [0.3, 0.4) is 0 Å². The van der Waals surface area contributed by atoms with E-state index in [9.17, 15) is 4.39 Å². The Morgan fingerprint density at radius 2 is 2.00 bits per heavy atom. The average Bonchev–Trinajstić information content (AvgIpc) is 2.98. The summed E-state index contributed by atoms with van der Waals surface area (Å²) in [5, 5.41) is 3.35. The number of benzene rings is 1. The highest BCUT2D eigenvalue weighted by molar-refractivity contribution is 5.85. The SMILES string of the molecule is Cc1cc([C@@H](c2ccco2)N2CCNCC2)ccc1F.Cl. The number of piperazine rings is 1. The lowest BCUT2D eigenvalue weighted by Gasteiger charge is -2.34. The van der Waals surface area contributed by atoms with Crippen LogP contribution in [0.2, 0.25) is 0 Å². The fourth-order valence-electron chi connectivity index (χ4n) is 2.78. The number of nitrogens with zero attached hydrogens (tertiary/aromatic N) is 1. The smallest absolute Gasteiger partial charge is 0.126 e. The summed E-state index contributed by atoms with van der Waals surface area (Å²) in [6.45, 7) is 5.66. The molecule has 0 spiro atoms. The topological polar surface area (TPSA) is 28.4 Å². The molecule has 0 aliphatic carbocycles. The second kappa shape index (κ2) is 7.07. The molecule has 3 rings (SSSR count). The van der Waals surface area contributed by atoms with Crippen molar-refractivity contribution in [3.8, 4) is 0 Å². The Kier molecular flexibility index (Phi) is 5.39. The van der Waals surface area contributed by atoms with Crippen molar-refractivity contribution in [2.75, 3.05) is 26.2 Å². The van der Waals surface area contributed by atoms with Crippen LogP contribution in [-0.2, 0) is 0 Å². The van der Waals surface area contributed by atoms with Gasteiger partial charge in [-0.1, -0.05) is 12.1 Å². The second-order valence-corrected chi connectivity index (χ2v) is 5.21. The molecule has 1 aliphatic rings. The minimum absolute atomic E-state index is 0. The van der Waals surface area contributed by atoms with E-state index in [-0.39, 0.29) is 24.3 Å². The summed E-state index contributed by atoms with van der Waals surface area (Å²) in [7, 11) is 0. The summed E-state index contributed by atoms with van der Waals surface area (Å²) in [5.74, 6) is 0.755. The zero-order valence-corrected chi connectivity index (χ0v) is 12.8. The predicted molar refractivity (Wildman–Crippen MR) is 83.4 cm³/mol. The van der Waals surface area contributed by atoms with Gasteiger partial charge in [0.25, 0.3) is 0 Å². The van der Waals surface area contributed by atoms with Gasteiger partial charge in [-0.2, -0.15) is 0 Å². The van der Waals surface area contributed by atoms with Crippen LogP contribution in [0.4, 0.5) is 4.39 Å². The molecule has 21 heavy (non-hydrogen) atoms. The molecular formula is C16H20ClFN2O. The quantitative estimate of drug-likeness (QED) is 0.944. The van der Waals surface area contributed by atoms with Gasteiger partial charge in [0.1, 0.15) is 11.6 Å². The number of nitrogens with one attached hydrogen (secondary N) is 1. The second-order valence-electron chi connectivity index (χ2n) is 5.21. The van der Waals surface area contributed by atoms with Crippen molar-refractivity contribution in [2.45, 2.75) is 13.0 Å². The van der Waals surface area contributed by atoms with Crippen LogP contribution in [0.15, 0.2) is 41.0 Å². The van der Waals surface area contributed by atoms with E-state index < -0.39 is 0 Å². The molecule has 1 atom stereocenters. The molecule has 0 saturated carbocycles. The normalized spacial score (nSPS) is 17.2. The molecule has 1 fully saturated rings. The van der Waals surface area contributed by atoms with Gasteiger partial charge in [0.15, 0.2) is 0 Å². The first-order valence-electron chi connectivity index (χ1n) is 7.00. The standard InChI is InChI=1S/C16H19FN2O.ClH/c1-12-11-13(4-5-14(12)17)16(15-3-2-10-20-15)19-8-6-18-7-9-19;/h2-5,10-11,16,18H,6-9H2,1H3;1H/t16-;/m0./s1. The number of halogens is 2. The minimum atomic E-state index is -0.160. The largest absolute Gasteiger partial charge is 0.467 e. The Bertz CT molecular complexity index is 568. The highest BCUT2D eigenvalue weighted by Gasteiger charge is 2.26. The van der Waals surface area contributed by atoms with Gasteiger partial charge < -0.3 is 9.73 Å². The summed E-state index contributed by atoms with van der Waals surface area (Å²) in [5.41, 5.74) is 1.76. The van der Waals surface area contributed by atoms with Crippen molar-refractivity contribution in [1.82, 2.24) is 10.2 Å². The number of furan rings is 1. The van der Waals surface area contributed by atoms with E-state index >= 15 is 0 Å². The average molecular weight is 311 g/mol. The molecule has 1 aliphatic heterocycles. The maximum atomic E-state index is 13.5. The maximum Gasteiger partial charge on any atom is 0.126 e. The Morgan fingerprint density at radius 1 is 1.24 bits per heavy atom. The highest BCUT2D eigenvalue weighted by atomic mass is 35.5. The van der Waals surface area contributed by atoms with E-state index in [4.69, 9.17) is 4.42 Å². The molecule has 0 amide bonds. The summed E-state index contributed by atoms with van der Waals surface area (Å²) in [6.07, 6.45) is 1.70. The monoisotopic (exact) mass is 310 g/mol. The maximum absolute atomic E-state index is 13.5. The molecule has 1 saturated heterocycles. The molecule has 1 N–H and O–H groups in total. The summed E-state index contributed by atoms with van der Waals surface area (Å²) >= 11 is 0. The van der Waals surface area contributed by atoms with E-state index in [1.807, 2.05) is 24.3 Å². The Labute approximate surface area is 130 Å². The lowest BCUT2D eigenvalue weighted by molar-refractivity contribution is 0.180. The van der Waals surface area contributed by atoms with Gasteiger partial charge in [0.2, 0.25) is 0 Å². The number of aryl methyl sites for hydroxylation is 1. The van der Waals surface area contributed by atoms with Crippen molar-refractivity contribution in [3.63, 3.8) is 0 Å². The fraction of sp³-hybridized carbons (Fsp3) is 0.375. The van der Waals surface area contributed by atoms with Crippen LogP contribution < -0.4 is 5.32 Å². The summed E-state index contributed by atoms with van der Waals surface area (Å²) in [4.78, 5) is 2.38. The van der Waals surface area contributed by atoms with E-state index in [1.165, 1.54) is 0 Å². The fourth-order valence-corrected chi connectivity index (χ4v) is 2.78. The first kappa shape index (κ1) is 16.0. The molecule has 0 bridgehead atoms. The Hall–Kier alpha value is -1.36.